The first-order chi connectivity index (χ1) is 12.4. The number of rotatable bonds is 3. The highest BCUT2D eigenvalue weighted by Gasteiger charge is 2.36. The van der Waals surface area contributed by atoms with Crippen LogP contribution in [0.15, 0.2) is 54.1 Å². The summed E-state index contributed by atoms with van der Waals surface area (Å²) in [6, 6.07) is 12.8. The second-order valence-corrected chi connectivity index (χ2v) is 6.36. The van der Waals surface area contributed by atoms with Crippen molar-refractivity contribution in [2.45, 2.75) is 0 Å². The third kappa shape index (κ3) is 3.45. The first-order valence-corrected chi connectivity index (χ1v) is 8.19. The molecule has 132 valence electrons. The minimum absolute atomic E-state index is 0.114. The van der Waals surface area contributed by atoms with E-state index in [1.807, 2.05) is 31.1 Å². The van der Waals surface area contributed by atoms with Gasteiger partial charge in [0.1, 0.15) is 5.57 Å². The minimum Gasteiger partial charge on any atom is -0.378 e. The second-order valence-electron chi connectivity index (χ2n) is 5.92. The van der Waals surface area contributed by atoms with Crippen molar-refractivity contribution >= 4 is 46.9 Å². The van der Waals surface area contributed by atoms with Crippen LogP contribution in [0, 0.1) is 0 Å². The molecule has 2 aromatic carbocycles. The fraction of sp³-hybridized carbons (Fsp3) is 0.105. The molecule has 0 aromatic heterocycles. The fourth-order valence-corrected chi connectivity index (χ4v) is 2.64. The molecule has 7 heteroatoms. The van der Waals surface area contributed by atoms with Gasteiger partial charge in [-0.3, -0.25) is 14.9 Å². The van der Waals surface area contributed by atoms with Gasteiger partial charge in [0.15, 0.2) is 0 Å². The van der Waals surface area contributed by atoms with Crippen molar-refractivity contribution in [3.8, 4) is 0 Å². The lowest BCUT2D eigenvalue weighted by Crippen LogP contribution is -2.54. The number of nitrogens with zero attached hydrogens (tertiary/aromatic N) is 2. The van der Waals surface area contributed by atoms with Gasteiger partial charge in [-0.2, -0.15) is 0 Å². The number of amides is 4. The summed E-state index contributed by atoms with van der Waals surface area (Å²) >= 11 is 5.84. The molecule has 0 radical (unpaired) electrons. The Bertz CT molecular complexity index is 903. The molecule has 1 N–H and O–H groups in total. The van der Waals surface area contributed by atoms with Gasteiger partial charge in [-0.25, -0.2) is 9.69 Å². The van der Waals surface area contributed by atoms with E-state index in [0.717, 1.165) is 10.6 Å². The van der Waals surface area contributed by atoms with Crippen LogP contribution >= 0.6 is 11.6 Å². The first-order valence-electron chi connectivity index (χ1n) is 7.81. The monoisotopic (exact) mass is 369 g/mol. The molecule has 0 unspecified atom stereocenters. The van der Waals surface area contributed by atoms with Crippen LogP contribution in [-0.2, 0) is 9.59 Å². The highest BCUT2D eigenvalue weighted by Crippen LogP contribution is 2.24. The number of urea groups is 1. The maximum Gasteiger partial charge on any atom is 0.335 e. The Morgan fingerprint density at radius 1 is 0.962 bits per heavy atom. The average molecular weight is 370 g/mol. The van der Waals surface area contributed by atoms with Crippen LogP contribution < -0.4 is 15.1 Å². The molecule has 1 saturated heterocycles. The third-order valence-electron chi connectivity index (χ3n) is 3.91. The van der Waals surface area contributed by atoms with Crippen LogP contribution in [0.1, 0.15) is 5.56 Å². The summed E-state index contributed by atoms with van der Waals surface area (Å²) in [4.78, 5) is 39.9. The summed E-state index contributed by atoms with van der Waals surface area (Å²) in [5, 5.41) is 2.67. The molecular weight excluding hydrogens is 354 g/mol. The van der Waals surface area contributed by atoms with E-state index in [2.05, 4.69) is 5.32 Å². The van der Waals surface area contributed by atoms with Crippen LogP contribution in [0.4, 0.5) is 16.2 Å². The molecular formula is C19H16ClN3O3. The normalized spacial score (nSPS) is 16.0. The molecule has 26 heavy (non-hydrogen) atoms. The maximum absolute atomic E-state index is 12.7. The zero-order valence-corrected chi connectivity index (χ0v) is 14.9. The number of hydrogen-bond acceptors (Lipinski definition) is 4. The molecule has 0 spiro atoms. The van der Waals surface area contributed by atoms with Gasteiger partial charge >= 0.3 is 6.03 Å². The van der Waals surface area contributed by atoms with Crippen LogP contribution in [0.2, 0.25) is 5.02 Å². The van der Waals surface area contributed by atoms with Gasteiger partial charge in [-0.05, 0) is 48.0 Å². The summed E-state index contributed by atoms with van der Waals surface area (Å²) in [5.74, 6) is -1.40. The Hall–Kier alpha value is -3.12. The zero-order chi connectivity index (χ0) is 18.8. The number of benzene rings is 2. The number of hydrogen-bond donors (Lipinski definition) is 1. The summed E-state index contributed by atoms with van der Waals surface area (Å²) in [6.07, 6.45) is 1.46. The van der Waals surface area contributed by atoms with E-state index in [9.17, 15) is 14.4 Å². The standard InChI is InChI=1S/C19H16ClN3O3/c1-22(2)14-7-3-12(4-8-14)11-16-17(24)21-19(26)23(18(16)25)15-9-5-13(20)6-10-15/h3-11H,1-2H3,(H,21,24,26). The van der Waals surface area contributed by atoms with E-state index in [0.29, 0.717) is 16.3 Å². The van der Waals surface area contributed by atoms with Crippen molar-refractivity contribution in [2.75, 3.05) is 23.9 Å². The Morgan fingerprint density at radius 3 is 2.15 bits per heavy atom. The molecule has 1 fully saturated rings. The van der Waals surface area contributed by atoms with Crippen molar-refractivity contribution in [3.05, 3.63) is 64.7 Å². The molecule has 1 aliphatic heterocycles. The lowest BCUT2D eigenvalue weighted by molar-refractivity contribution is -0.122. The number of carbonyl (C=O) groups excluding carboxylic acids is 3. The molecule has 2 aromatic rings. The third-order valence-corrected chi connectivity index (χ3v) is 4.16. The van der Waals surface area contributed by atoms with Crippen LogP contribution in [0.5, 0.6) is 0 Å². The van der Waals surface area contributed by atoms with Crippen molar-refractivity contribution in [3.63, 3.8) is 0 Å². The molecule has 3 rings (SSSR count). The minimum atomic E-state index is -0.789. The first kappa shape index (κ1) is 17.7. The van der Waals surface area contributed by atoms with Crippen molar-refractivity contribution < 1.29 is 14.4 Å². The summed E-state index contributed by atoms with van der Waals surface area (Å²) in [5.41, 5.74) is 1.89. The maximum atomic E-state index is 12.7. The predicted octanol–water partition coefficient (Wildman–Crippen LogP) is 3.07. The molecule has 0 bridgehead atoms. The van der Waals surface area contributed by atoms with E-state index in [1.165, 1.54) is 6.08 Å². The zero-order valence-electron chi connectivity index (χ0n) is 14.2. The smallest absolute Gasteiger partial charge is 0.335 e. The van der Waals surface area contributed by atoms with E-state index in [4.69, 9.17) is 11.6 Å². The predicted molar refractivity (Wildman–Crippen MR) is 101 cm³/mol. The van der Waals surface area contributed by atoms with E-state index in [-0.39, 0.29) is 5.57 Å². The van der Waals surface area contributed by atoms with Gasteiger partial charge in [0, 0.05) is 24.8 Å². The largest absolute Gasteiger partial charge is 0.378 e. The fourth-order valence-electron chi connectivity index (χ4n) is 2.52. The van der Waals surface area contributed by atoms with Gasteiger partial charge < -0.3 is 4.90 Å². The Balaban J connectivity index is 1.95. The van der Waals surface area contributed by atoms with Gasteiger partial charge in [0.2, 0.25) is 0 Å². The van der Waals surface area contributed by atoms with E-state index < -0.39 is 17.8 Å². The van der Waals surface area contributed by atoms with Crippen molar-refractivity contribution in [2.24, 2.45) is 0 Å². The molecule has 0 saturated carbocycles. The lowest BCUT2D eigenvalue weighted by atomic mass is 10.1. The van der Waals surface area contributed by atoms with Crippen LogP contribution in [0.25, 0.3) is 6.08 Å². The summed E-state index contributed by atoms with van der Waals surface area (Å²) in [7, 11) is 3.84. The second kappa shape index (κ2) is 7.01. The van der Waals surface area contributed by atoms with Crippen LogP contribution in [-0.4, -0.2) is 31.9 Å². The number of halogens is 1. The Labute approximate surface area is 155 Å². The van der Waals surface area contributed by atoms with Crippen molar-refractivity contribution in [1.82, 2.24) is 5.32 Å². The number of nitrogens with one attached hydrogen (secondary N) is 1. The quantitative estimate of drug-likeness (QED) is 0.666. The topological polar surface area (TPSA) is 69.7 Å². The molecule has 4 amide bonds. The summed E-state index contributed by atoms with van der Waals surface area (Å²) in [6.45, 7) is 0. The lowest BCUT2D eigenvalue weighted by Gasteiger charge is -2.26. The molecule has 0 aliphatic carbocycles. The molecule has 1 aliphatic rings. The van der Waals surface area contributed by atoms with Gasteiger partial charge in [0.25, 0.3) is 11.8 Å². The average Bonchev–Trinajstić information content (AvgIpc) is 2.60. The molecule has 0 atom stereocenters. The van der Waals surface area contributed by atoms with E-state index in [1.54, 1.807) is 36.4 Å². The van der Waals surface area contributed by atoms with Gasteiger partial charge in [-0.15, -0.1) is 0 Å². The van der Waals surface area contributed by atoms with Crippen molar-refractivity contribution in [1.29, 1.82) is 0 Å². The SMILES string of the molecule is CN(C)c1ccc(C=C2C(=O)NC(=O)N(c3ccc(Cl)cc3)C2=O)cc1. The highest BCUT2D eigenvalue weighted by atomic mass is 35.5. The Morgan fingerprint density at radius 2 is 1.58 bits per heavy atom. The van der Waals surface area contributed by atoms with E-state index >= 15 is 0 Å². The van der Waals surface area contributed by atoms with Gasteiger partial charge in [0.05, 0.1) is 5.69 Å². The molecule has 1 heterocycles. The Kier molecular flexibility index (Phi) is 4.77. The summed E-state index contributed by atoms with van der Waals surface area (Å²) < 4.78 is 0. The number of anilines is 2. The molecule has 6 nitrogen and oxygen atoms in total. The van der Waals surface area contributed by atoms with Crippen LogP contribution in [0.3, 0.4) is 0 Å². The number of imide groups is 2. The van der Waals surface area contributed by atoms with Gasteiger partial charge in [-0.1, -0.05) is 23.7 Å². The number of barbiturate groups is 1. The number of carbonyl (C=O) groups is 3. The highest BCUT2D eigenvalue weighted by molar-refractivity contribution is 6.39.